The van der Waals surface area contributed by atoms with Crippen LogP contribution in [0.25, 0.3) is 44.5 Å². The Balaban J connectivity index is 1.29. The molecular weight excluding hydrogens is 591 g/mol. The fourth-order valence-corrected chi connectivity index (χ4v) is 8.58. The van der Waals surface area contributed by atoms with Gasteiger partial charge in [-0.05, 0) is 91.5 Å². The number of para-hydroxylation sites is 1. The Morgan fingerprint density at radius 2 is 0.857 bits per heavy atom. The summed E-state index contributed by atoms with van der Waals surface area (Å²) in [5.41, 5.74) is 19.1. The van der Waals surface area contributed by atoms with E-state index in [9.17, 15) is 0 Å². The number of fused-ring (bicyclic) bond motifs is 6. The molecule has 0 radical (unpaired) electrons. The minimum absolute atomic E-state index is 0.0992. The SMILES string of the molecule is CC1(C)c2ccccc2-c2ccc(N(c3ccc4c(c3)-c3c(-c5ccccc5)cccc3C4(C)C)c3ccccc3-c3ccccc3)cc21. The molecule has 0 amide bonds. The summed E-state index contributed by atoms with van der Waals surface area (Å²) in [6.07, 6.45) is 0. The Hall–Kier alpha value is -5.66. The van der Waals surface area contributed by atoms with Crippen molar-refractivity contribution in [1.82, 2.24) is 0 Å². The van der Waals surface area contributed by atoms with Crippen LogP contribution in [-0.4, -0.2) is 0 Å². The molecule has 7 aromatic rings. The van der Waals surface area contributed by atoms with Crippen molar-refractivity contribution in [2.24, 2.45) is 0 Å². The van der Waals surface area contributed by atoms with E-state index >= 15 is 0 Å². The summed E-state index contributed by atoms with van der Waals surface area (Å²) >= 11 is 0. The summed E-state index contributed by atoms with van der Waals surface area (Å²) in [5, 5.41) is 0. The molecule has 0 saturated carbocycles. The van der Waals surface area contributed by atoms with Gasteiger partial charge in [0.05, 0.1) is 5.69 Å². The van der Waals surface area contributed by atoms with Crippen LogP contribution in [0.2, 0.25) is 0 Å². The van der Waals surface area contributed by atoms with Gasteiger partial charge in [-0.2, -0.15) is 0 Å². The van der Waals surface area contributed by atoms with E-state index in [1.165, 1.54) is 66.8 Å². The topological polar surface area (TPSA) is 3.24 Å². The van der Waals surface area contributed by atoms with Gasteiger partial charge in [0.15, 0.2) is 0 Å². The van der Waals surface area contributed by atoms with Gasteiger partial charge < -0.3 is 4.90 Å². The molecule has 236 valence electrons. The van der Waals surface area contributed by atoms with Crippen LogP contribution in [0.15, 0.2) is 164 Å². The Morgan fingerprint density at radius 3 is 1.61 bits per heavy atom. The molecule has 49 heavy (non-hydrogen) atoms. The Morgan fingerprint density at radius 1 is 0.347 bits per heavy atom. The van der Waals surface area contributed by atoms with Crippen LogP contribution < -0.4 is 4.90 Å². The van der Waals surface area contributed by atoms with E-state index in [0.717, 1.165) is 17.1 Å². The van der Waals surface area contributed by atoms with Crippen molar-refractivity contribution >= 4 is 17.1 Å². The van der Waals surface area contributed by atoms with Crippen LogP contribution in [0, 0.1) is 0 Å². The molecule has 0 aromatic heterocycles. The fourth-order valence-electron chi connectivity index (χ4n) is 8.58. The largest absolute Gasteiger partial charge is 0.310 e. The first-order valence-electron chi connectivity index (χ1n) is 17.4. The van der Waals surface area contributed by atoms with E-state index in [1.54, 1.807) is 0 Å². The van der Waals surface area contributed by atoms with Crippen molar-refractivity contribution in [3.63, 3.8) is 0 Å². The average molecular weight is 630 g/mol. The van der Waals surface area contributed by atoms with Gasteiger partial charge in [-0.1, -0.05) is 161 Å². The van der Waals surface area contributed by atoms with Gasteiger partial charge in [0.25, 0.3) is 0 Å². The van der Waals surface area contributed by atoms with E-state index in [1.807, 2.05) is 0 Å². The molecule has 2 aliphatic rings. The zero-order valence-electron chi connectivity index (χ0n) is 28.5. The lowest BCUT2D eigenvalue weighted by Crippen LogP contribution is -2.17. The maximum atomic E-state index is 2.48. The van der Waals surface area contributed by atoms with Crippen LogP contribution in [0.5, 0.6) is 0 Å². The van der Waals surface area contributed by atoms with Gasteiger partial charge in [-0.15, -0.1) is 0 Å². The van der Waals surface area contributed by atoms with Crippen LogP contribution in [0.4, 0.5) is 17.1 Å². The first-order valence-corrected chi connectivity index (χ1v) is 17.4. The van der Waals surface area contributed by atoms with Crippen molar-refractivity contribution < 1.29 is 0 Å². The Labute approximate surface area is 290 Å². The van der Waals surface area contributed by atoms with Crippen molar-refractivity contribution in [2.45, 2.75) is 38.5 Å². The Bertz CT molecular complexity index is 2380. The lowest BCUT2D eigenvalue weighted by atomic mass is 9.82. The molecular formula is C48H39N. The zero-order valence-corrected chi connectivity index (χ0v) is 28.5. The minimum atomic E-state index is -0.107. The smallest absolute Gasteiger partial charge is 0.0540 e. The third-order valence-electron chi connectivity index (χ3n) is 11.1. The van der Waals surface area contributed by atoms with E-state index in [4.69, 9.17) is 0 Å². The van der Waals surface area contributed by atoms with Crippen molar-refractivity contribution in [3.8, 4) is 44.5 Å². The lowest BCUT2D eigenvalue weighted by Gasteiger charge is -2.30. The fraction of sp³-hybridized carbons (Fsp3) is 0.125. The second-order valence-electron chi connectivity index (χ2n) is 14.6. The van der Waals surface area contributed by atoms with Crippen molar-refractivity contribution in [1.29, 1.82) is 0 Å². The standard InChI is InChI=1S/C48H39N/c1-47(2)42-29-27-34(30-40(42)46-37(22-15-24-43(46)47)33-18-9-6-10-19-33)49(45-25-14-12-20-36(45)32-16-7-5-8-17-32)35-26-28-39-38-21-11-13-23-41(38)48(3,4)44(39)31-35/h5-31H,1-4H3. The molecule has 1 heteroatoms. The van der Waals surface area contributed by atoms with Gasteiger partial charge in [0.1, 0.15) is 0 Å². The van der Waals surface area contributed by atoms with Gasteiger partial charge >= 0.3 is 0 Å². The molecule has 0 fully saturated rings. The second kappa shape index (κ2) is 10.9. The normalized spacial score (nSPS) is 14.4. The van der Waals surface area contributed by atoms with Gasteiger partial charge in [0, 0.05) is 27.8 Å². The third kappa shape index (κ3) is 4.46. The summed E-state index contributed by atoms with van der Waals surface area (Å²) in [4.78, 5) is 2.48. The van der Waals surface area contributed by atoms with Crippen LogP contribution in [0.3, 0.4) is 0 Å². The highest BCUT2D eigenvalue weighted by Gasteiger charge is 2.38. The van der Waals surface area contributed by atoms with Crippen LogP contribution >= 0.6 is 0 Å². The summed E-state index contributed by atoms with van der Waals surface area (Å²) in [6, 6.07) is 60.5. The first-order chi connectivity index (χ1) is 23.8. The predicted molar refractivity (Wildman–Crippen MR) is 207 cm³/mol. The van der Waals surface area contributed by atoms with Crippen molar-refractivity contribution in [2.75, 3.05) is 4.90 Å². The molecule has 0 saturated heterocycles. The highest BCUT2D eigenvalue weighted by molar-refractivity contribution is 5.96. The molecule has 9 rings (SSSR count). The maximum Gasteiger partial charge on any atom is 0.0540 e. The van der Waals surface area contributed by atoms with Crippen molar-refractivity contribution in [3.05, 3.63) is 186 Å². The van der Waals surface area contributed by atoms with E-state index in [0.29, 0.717) is 0 Å². The maximum absolute atomic E-state index is 2.48. The predicted octanol–water partition coefficient (Wildman–Crippen LogP) is 13.1. The van der Waals surface area contributed by atoms with Gasteiger partial charge in [-0.25, -0.2) is 0 Å². The number of nitrogens with zero attached hydrogens (tertiary/aromatic N) is 1. The summed E-state index contributed by atoms with van der Waals surface area (Å²) < 4.78 is 0. The quantitative estimate of drug-likeness (QED) is 0.183. The van der Waals surface area contributed by atoms with Gasteiger partial charge in [-0.3, -0.25) is 0 Å². The van der Waals surface area contributed by atoms with Gasteiger partial charge in [0.2, 0.25) is 0 Å². The Kier molecular flexibility index (Phi) is 6.58. The summed E-state index contributed by atoms with van der Waals surface area (Å²) in [5.74, 6) is 0. The van der Waals surface area contributed by atoms with E-state index in [-0.39, 0.29) is 10.8 Å². The highest BCUT2D eigenvalue weighted by atomic mass is 15.1. The number of anilines is 3. The zero-order chi connectivity index (χ0) is 33.3. The molecule has 0 N–H and O–H groups in total. The molecule has 0 heterocycles. The summed E-state index contributed by atoms with van der Waals surface area (Å²) in [7, 11) is 0. The monoisotopic (exact) mass is 629 g/mol. The second-order valence-corrected chi connectivity index (χ2v) is 14.6. The molecule has 0 atom stereocenters. The molecule has 0 spiro atoms. The van der Waals surface area contributed by atoms with E-state index in [2.05, 4.69) is 196 Å². The lowest BCUT2D eigenvalue weighted by molar-refractivity contribution is 0.660. The molecule has 1 nitrogen and oxygen atoms in total. The molecule has 0 aliphatic heterocycles. The molecule has 2 aliphatic carbocycles. The van der Waals surface area contributed by atoms with E-state index < -0.39 is 0 Å². The van der Waals surface area contributed by atoms with Crippen LogP contribution in [0.1, 0.15) is 49.9 Å². The number of hydrogen-bond donors (Lipinski definition) is 0. The average Bonchev–Trinajstić information content (AvgIpc) is 3.52. The summed E-state index contributed by atoms with van der Waals surface area (Å²) in [6.45, 7) is 9.47. The minimum Gasteiger partial charge on any atom is -0.310 e. The number of rotatable bonds is 5. The highest BCUT2D eigenvalue weighted by Crippen LogP contribution is 2.55. The molecule has 0 unspecified atom stereocenters. The first kappa shape index (κ1) is 29.5. The molecule has 0 bridgehead atoms. The van der Waals surface area contributed by atoms with Crippen LogP contribution in [-0.2, 0) is 10.8 Å². The number of benzene rings is 7. The third-order valence-corrected chi connectivity index (χ3v) is 11.1. The number of hydrogen-bond acceptors (Lipinski definition) is 1. The molecule has 7 aromatic carbocycles.